The number of rotatable bonds is 4. The van der Waals surface area contributed by atoms with Gasteiger partial charge in [0, 0.05) is 23.5 Å². The van der Waals surface area contributed by atoms with Crippen molar-refractivity contribution in [2.75, 3.05) is 0 Å². The van der Waals surface area contributed by atoms with Crippen LogP contribution >= 0.6 is 0 Å². The van der Waals surface area contributed by atoms with Gasteiger partial charge in [0.1, 0.15) is 17.4 Å². The van der Waals surface area contributed by atoms with E-state index in [2.05, 4.69) is 10.3 Å². The van der Waals surface area contributed by atoms with Crippen LogP contribution in [0.3, 0.4) is 0 Å². The Balaban J connectivity index is 1.28. The fourth-order valence-corrected chi connectivity index (χ4v) is 3.93. The van der Waals surface area contributed by atoms with Crippen LogP contribution in [0.2, 0.25) is 0 Å². The minimum atomic E-state index is -0.566. The van der Waals surface area contributed by atoms with E-state index in [0.29, 0.717) is 0 Å². The van der Waals surface area contributed by atoms with Crippen molar-refractivity contribution in [3.63, 3.8) is 0 Å². The third-order valence-corrected chi connectivity index (χ3v) is 5.76. The molecule has 26 heavy (non-hydrogen) atoms. The molecule has 0 saturated heterocycles. The summed E-state index contributed by atoms with van der Waals surface area (Å²) in [6, 6.07) is 10.1. The summed E-state index contributed by atoms with van der Waals surface area (Å²) < 4.78 is 6.09. The summed E-state index contributed by atoms with van der Waals surface area (Å²) >= 11 is 0. The Morgan fingerprint density at radius 2 is 1.96 bits per heavy atom. The van der Waals surface area contributed by atoms with Crippen LogP contribution in [0.4, 0.5) is 0 Å². The van der Waals surface area contributed by atoms with Crippen molar-refractivity contribution in [3.8, 4) is 5.75 Å². The average Bonchev–Trinajstić information content (AvgIpc) is 2.59. The summed E-state index contributed by atoms with van der Waals surface area (Å²) in [5.74, 6) is 0.958. The van der Waals surface area contributed by atoms with Gasteiger partial charge in [0.25, 0.3) is 0 Å². The van der Waals surface area contributed by atoms with E-state index in [9.17, 15) is 9.90 Å². The number of fused-ring (bicyclic) bond motifs is 1. The molecular formula is C21H26N2O3. The molecule has 1 amide bonds. The molecule has 2 N–H and O–H groups in total. The first kappa shape index (κ1) is 17.3. The molecule has 2 saturated carbocycles. The molecule has 0 atom stereocenters. The molecule has 0 unspecified atom stereocenters. The lowest BCUT2D eigenvalue weighted by Gasteiger charge is -2.37. The van der Waals surface area contributed by atoms with Crippen molar-refractivity contribution in [2.45, 2.75) is 63.2 Å². The number of hydrogen-bond donors (Lipinski definition) is 2. The van der Waals surface area contributed by atoms with Gasteiger partial charge in [-0.2, -0.15) is 0 Å². The van der Waals surface area contributed by atoms with Crippen molar-refractivity contribution >= 4 is 16.8 Å². The lowest BCUT2D eigenvalue weighted by molar-refractivity contribution is -0.132. The van der Waals surface area contributed by atoms with E-state index < -0.39 is 5.60 Å². The van der Waals surface area contributed by atoms with Gasteiger partial charge in [-0.1, -0.05) is 18.2 Å². The van der Waals surface area contributed by atoms with Gasteiger partial charge >= 0.3 is 0 Å². The van der Waals surface area contributed by atoms with E-state index in [1.54, 1.807) is 6.20 Å². The lowest BCUT2D eigenvalue weighted by atomic mass is 9.80. The van der Waals surface area contributed by atoms with Crippen LogP contribution in [0, 0.1) is 5.92 Å². The zero-order chi connectivity index (χ0) is 18.1. The van der Waals surface area contributed by atoms with Crippen molar-refractivity contribution in [1.82, 2.24) is 10.3 Å². The molecule has 2 aromatic rings. The fraction of sp³-hybridized carbons (Fsp3) is 0.524. The highest BCUT2D eigenvalue weighted by Gasteiger charge is 2.38. The number of para-hydroxylation sites is 1. The van der Waals surface area contributed by atoms with Gasteiger partial charge in [-0.3, -0.25) is 9.78 Å². The number of nitrogens with one attached hydrogen (secondary N) is 1. The van der Waals surface area contributed by atoms with Crippen LogP contribution in [0.5, 0.6) is 5.75 Å². The number of aliphatic hydroxyl groups is 1. The Kier molecular flexibility index (Phi) is 4.57. The van der Waals surface area contributed by atoms with Gasteiger partial charge in [-0.15, -0.1) is 0 Å². The number of benzene rings is 1. The van der Waals surface area contributed by atoms with E-state index in [1.807, 2.05) is 37.3 Å². The molecule has 4 rings (SSSR count). The molecule has 0 radical (unpaired) electrons. The van der Waals surface area contributed by atoms with E-state index in [-0.39, 0.29) is 24.0 Å². The van der Waals surface area contributed by atoms with Crippen molar-refractivity contribution < 1.29 is 14.6 Å². The first-order valence-corrected chi connectivity index (χ1v) is 9.53. The van der Waals surface area contributed by atoms with E-state index in [1.165, 1.54) is 0 Å². The smallest absolute Gasteiger partial charge is 0.223 e. The van der Waals surface area contributed by atoms with Crippen LogP contribution < -0.4 is 10.1 Å². The summed E-state index contributed by atoms with van der Waals surface area (Å²) in [4.78, 5) is 16.8. The summed E-state index contributed by atoms with van der Waals surface area (Å²) in [5.41, 5.74) is 0.306. The minimum absolute atomic E-state index is 0.0328. The zero-order valence-electron chi connectivity index (χ0n) is 15.1. The molecule has 138 valence electrons. The van der Waals surface area contributed by atoms with Crippen LogP contribution in [0.15, 0.2) is 36.5 Å². The Morgan fingerprint density at radius 1 is 1.23 bits per heavy atom. The lowest BCUT2D eigenvalue weighted by Crippen LogP contribution is -2.48. The molecular weight excluding hydrogens is 328 g/mol. The molecule has 1 aromatic heterocycles. The van der Waals surface area contributed by atoms with Crippen LogP contribution in [-0.4, -0.2) is 33.7 Å². The average molecular weight is 354 g/mol. The first-order valence-electron chi connectivity index (χ1n) is 9.53. The molecule has 0 aliphatic heterocycles. The zero-order valence-corrected chi connectivity index (χ0v) is 15.1. The van der Waals surface area contributed by atoms with Gasteiger partial charge < -0.3 is 15.2 Å². The number of pyridine rings is 1. The summed E-state index contributed by atoms with van der Waals surface area (Å²) in [5, 5.41) is 14.2. The Morgan fingerprint density at radius 3 is 2.73 bits per heavy atom. The molecule has 5 nitrogen and oxygen atoms in total. The molecule has 2 aliphatic carbocycles. The van der Waals surface area contributed by atoms with E-state index >= 15 is 0 Å². The predicted molar refractivity (Wildman–Crippen MR) is 99.9 cm³/mol. The number of nitrogens with zero attached hydrogens (tertiary/aromatic N) is 1. The van der Waals surface area contributed by atoms with Gasteiger partial charge in [0.2, 0.25) is 5.91 Å². The maximum atomic E-state index is 12.4. The minimum Gasteiger partial charge on any atom is -0.488 e. The highest BCUT2D eigenvalue weighted by Crippen LogP contribution is 2.34. The second-order valence-electron chi connectivity index (χ2n) is 8.02. The van der Waals surface area contributed by atoms with Crippen molar-refractivity contribution in [2.24, 2.45) is 5.92 Å². The first-order chi connectivity index (χ1) is 12.5. The SMILES string of the molecule is C[C@]1(O)CC[C@H](NC(=O)[C@H]2C[C@H](Oc3cccc4cccnc34)C2)CC1. The van der Waals surface area contributed by atoms with Gasteiger partial charge in [-0.25, -0.2) is 0 Å². The molecule has 0 bridgehead atoms. The van der Waals surface area contributed by atoms with Gasteiger partial charge in [0.05, 0.1) is 5.60 Å². The number of carbonyl (C=O) groups is 1. The number of amides is 1. The van der Waals surface area contributed by atoms with Gasteiger partial charge in [0.15, 0.2) is 0 Å². The molecule has 2 aliphatic rings. The van der Waals surface area contributed by atoms with Crippen molar-refractivity contribution in [3.05, 3.63) is 36.5 Å². The third-order valence-electron chi connectivity index (χ3n) is 5.76. The standard InChI is InChI=1S/C21H26N2O3/c1-21(25)9-7-16(8-10-21)23-20(24)15-12-17(13-15)26-18-6-2-4-14-5-3-11-22-19(14)18/h2-6,11,15-17,25H,7-10,12-13H2,1H3,(H,23,24)/t15-,16-,17-,21-. The molecule has 5 heteroatoms. The van der Waals surface area contributed by atoms with E-state index in [0.717, 1.165) is 55.2 Å². The van der Waals surface area contributed by atoms with Crippen LogP contribution in [0.1, 0.15) is 45.4 Å². The topological polar surface area (TPSA) is 71.5 Å². The quantitative estimate of drug-likeness (QED) is 0.884. The second kappa shape index (κ2) is 6.88. The second-order valence-corrected chi connectivity index (χ2v) is 8.02. The fourth-order valence-electron chi connectivity index (χ4n) is 3.93. The maximum absolute atomic E-state index is 12.4. The van der Waals surface area contributed by atoms with Crippen molar-refractivity contribution in [1.29, 1.82) is 0 Å². The van der Waals surface area contributed by atoms with Crippen LogP contribution in [0.25, 0.3) is 10.9 Å². The van der Waals surface area contributed by atoms with E-state index in [4.69, 9.17) is 4.74 Å². The highest BCUT2D eigenvalue weighted by atomic mass is 16.5. The third kappa shape index (κ3) is 3.68. The monoisotopic (exact) mass is 354 g/mol. The van der Waals surface area contributed by atoms with Gasteiger partial charge in [-0.05, 0) is 57.6 Å². The molecule has 2 fully saturated rings. The predicted octanol–water partition coefficient (Wildman–Crippen LogP) is 3.20. The summed E-state index contributed by atoms with van der Waals surface area (Å²) in [6.07, 6.45) is 6.56. The highest BCUT2D eigenvalue weighted by molar-refractivity contribution is 5.84. The Labute approximate surface area is 153 Å². The Bertz CT molecular complexity index is 783. The summed E-state index contributed by atoms with van der Waals surface area (Å²) in [6.45, 7) is 1.88. The summed E-state index contributed by atoms with van der Waals surface area (Å²) in [7, 11) is 0. The number of hydrogen-bond acceptors (Lipinski definition) is 4. The Hall–Kier alpha value is -2.14. The number of aromatic nitrogens is 1. The number of ether oxygens (including phenoxy) is 1. The molecule has 1 aromatic carbocycles. The maximum Gasteiger partial charge on any atom is 0.223 e. The number of carbonyl (C=O) groups excluding carboxylic acids is 1. The molecule has 1 heterocycles. The molecule has 0 spiro atoms. The largest absolute Gasteiger partial charge is 0.488 e. The van der Waals surface area contributed by atoms with Crippen LogP contribution in [-0.2, 0) is 4.79 Å². The normalized spacial score (nSPS) is 31.2.